The van der Waals surface area contributed by atoms with Crippen LogP contribution in [0.1, 0.15) is 21.7 Å². The summed E-state index contributed by atoms with van der Waals surface area (Å²) in [6.07, 6.45) is 3.05. The molecule has 0 amide bonds. The highest BCUT2D eigenvalue weighted by atomic mass is 32.1. The second-order valence-electron chi connectivity index (χ2n) is 5.83. The van der Waals surface area contributed by atoms with Crippen molar-refractivity contribution in [1.29, 1.82) is 0 Å². The van der Waals surface area contributed by atoms with Crippen LogP contribution in [0, 0.1) is 13.8 Å². The van der Waals surface area contributed by atoms with Gasteiger partial charge in [0.15, 0.2) is 5.96 Å². The summed E-state index contributed by atoms with van der Waals surface area (Å²) >= 11 is 1.67. The normalized spacial score (nSPS) is 11.9. The third kappa shape index (κ3) is 3.76. The molecule has 0 aliphatic rings. The van der Waals surface area contributed by atoms with Crippen molar-refractivity contribution in [3.8, 4) is 0 Å². The zero-order valence-electron chi connectivity index (χ0n) is 14.3. The topological polar surface area (TPSA) is 65.1 Å². The molecule has 2 aromatic heterocycles. The lowest BCUT2D eigenvalue weighted by atomic mass is 10.1. The molecule has 0 aliphatic heterocycles. The van der Waals surface area contributed by atoms with Gasteiger partial charge in [-0.3, -0.25) is 4.99 Å². The molecule has 0 unspecified atom stereocenters. The average Bonchev–Trinajstić information content (AvgIpc) is 3.16. The van der Waals surface area contributed by atoms with Gasteiger partial charge in [0, 0.05) is 35.6 Å². The summed E-state index contributed by atoms with van der Waals surface area (Å²) in [7, 11) is 1.79. The minimum atomic E-state index is 0.753. The molecule has 6 heteroatoms. The first-order valence-corrected chi connectivity index (χ1v) is 8.95. The van der Waals surface area contributed by atoms with E-state index in [-0.39, 0.29) is 0 Å². The Bertz CT molecular complexity index is 846. The summed E-state index contributed by atoms with van der Waals surface area (Å²) in [6.45, 7) is 5.73. The van der Waals surface area contributed by atoms with E-state index in [1.54, 1.807) is 18.4 Å². The van der Waals surface area contributed by atoms with E-state index in [4.69, 9.17) is 0 Å². The number of aliphatic imine (C=N–C) groups is 1. The average molecular weight is 341 g/mol. The Hall–Kier alpha value is -2.34. The van der Waals surface area contributed by atoms with Gasteiger partial charge in [-0.25, -0.2) is 4.98 Å². The summed E-state index contributed by atoms with van der Waals surface area (Å²) in [6, 6.07) is 6.53. The number of rotatable bonds is 5. The quantitative estimate of drug-likeness (QED) is 0.493. The maximum atomic E-state index is 4.28. The van der Waals surface area contributed by atoms with Gasteiger partial charge in [-0.05, 0) is 37.5 Å². The highest BCUT2D eigenvalue weighted by molar-refractivity contribution is 7.09. The fraction of sp³-hybridized carbons (Fsp3) is 0.333. The van der Waals surface area contributed by atoms with Gasteiger partial charge in [0.05, 0.1) is 17.7 Å². The molecule has 0 saturated carbocycles. The first kappa shape index (κ1) is 16.5. The maximum Gasteiger partial charge on any atom is 0.191 e. The van der Waals surface area contributed by atoms with Crippen molar-refractivity contribution in [2.24, 2.45) is 4.99 Å². The number of hydrogen-bond acceptors (Lipinski definition) is 3. The highest BCUT2D eigenvalue weighted by Gasteiger charge is 2.05. The van der Waals surface area contributed by atoms with Gasteiger partial charge >= 0.3 is 0 Å². The minimum absolute atomic E-state index is 0.753. The zero-order valence-corrected chi connectivity index (χ0v) is 15.1. The van der Waals surface area contributed by atoms with Crippen LogP contribution in [0.15, 0.2) is 34.9 Å². The molecule has 126 valence electrons. The summed E-state index contributed by atoms with van der Waals surface area (Å²) < 4.78 is 0. The molecular weight excluding hydrogens is 318 g/mol. The Morgan fingerprint density at radius 1 is 1.29 bits per heavy atom. The van der Waals surface area contributed by atoms with Crippen LogP contribution >= 0.6 is 11.3 Å². The molecule has 3 aromatic rings. The first-order valence-electron chi connectivity index (χ1n) is 8.07. The van der Waals surface area contributed by atoms with Crippen LogP contribution in [0.25, 0.3) is 10.9 Å². The maximum absolute atomic E-state index is 4.28. The number of aryl methyl sites for hydroxylation is 2. The van der Waals surface area contributed by atoms with Gasteiger partial charge in [0.25, 0.3) is 0 Å². The second kappa shape index (κ2) is 7.49. The fourth-order valence-electron chi connectivity index (χ4n) is 2.70. The van der Waals surface area contributed by atoms with E-state index < -0.39 is 0 Å². The molecule has 0 saturated heterocycles. The molecule has 3 rings (SSSR count). The molecule has 1 aromatic carbocycles. The van der Waals surface area contributed by atoms with Crippen LogP contribution in [0.4, 0.5) is 0 Å². The summed E-state index contributed by atoms with van der Waals surface area (Å²) in [5, 5.41) is 8.01. The molecule has 0 aliphatic carbocycles. The third-order valence-corrected chi connectivity index (χ3v) is 5.03. The highest BCUT2D eigenvalue weighted by Crippen LogP contribution is 2.19. The van der Waals surface area contributed by atoms with Gasteiger partial charge in [-0.1, -0.05) is 12.1 Å². The summed E-state index contributed by atoms with van der Waals surface area (Å²) in [5.74, 6) is 0.818. The molecule has 2 heterocycles. The third-order valence-electron chi connectivity index (χ3n) is 4.09. The van der Waals surface area contributed by atoms with Crippen molar-refractivity contribution < 1.29 is 0 Å². The Labute approximate surface area is 146 Å². The number of aromatic amines is 1. The van der Waals surface area contributed by atoms with Crippen LogP contribution < -0.4 is 10.6 Å². The molecule has 3 N–H and O–H groups in total. The van der Waals surface area contributed by atoms with E-state index in [1.165, 1.54) is 26.9 Å². The molecule has 0 spiro atoms. The number of nitrogens with zero attached hydrogens (tertiary/aromatic N) is 2. The Balaban J connectivity index is 1.53. The van der Waals surface area contributed by atoms with E-state index in [1.807, 2.05) is 12.4 Å². The number of thiazole rings is 1. The van der Waals surface area contributed by atoms with E-state index >= 15 is 0 Å². The number of aromatic nitrogens is 2. The molecule has 0 bridgehead atoms. The van der Waals surface area contributed by atoms with Crippen LogP contribution in [0.2, 0.25) is 0 Å². The smallest absolute Gasteiger partial charge is 0.191 e. The van der Waals surface area contributed by atoms with Gasteiger partial charge in [-0.2, -0.15) is 0 Å². The predicted octanol–water partition coefficient (Wildman–Crippen LogP) is 3.15. The van der Waals surface area contributed by atoms with Crippen molar-refractivity contribution in [2.75, 3.05) is 13.6 Å². The van der Waals surface area contributed by atoms with E-state index in [0.29, 0.717) is 0 Å². The minimum Gasteiger partial charge on any atom is -0.361 e. The van der Waals surface area contributed by atoms with E-state index in [9.17, 15) is 0 Å². The number of guanidine groups is 1. The number of nitrogens with one attached hydrogen (secondary N) is 3. The summed E-state index contributed by atoms with van der Waals surface area (Å²) in [5.41, 5.74) is 6.76. The monoisotopic (exact) mass is 341 g/mol. The van der Waals surface area contributed by atoms with Crippen LogP contribution in [-0.2, 0) is 13.0 Å². The molecular formula is C18H23N5S. The van der Waals surface area contributed by atoms with Crippen LogP contribution in [0.5, 0.6) is 0 Å². The largest absolute Gasteiger partial charge is 0.361 e. The lowest BCUT2D eigenvalue weighted by Gasteiger charge is -2.11. The Morgan fingerprint density at radius 3 is 2.92 bits per heavy atom. The lowest BCUT2D eigenvalue weighted by Crippen LogP contribution is -2.37. The van der Waals surface area contributed by atoms with Crippen molar-refractivity contribution in [3.05, 3.63) is 51.6 Å². The van der Waals surface area contributed by atoms with Gasteiger partial charge in [-0.15, -0.1) is 11.3 Å². The zero-order chi connectivity index (χ0) is 16.9. The van der Waals surface area contributed by atoms with Crippen molar-refractivity contribution in [3.63, 3.8) is 0 Å². The molecule has 0 radical (unpaired) electrons. The van der Waals surface area contributed by atoms with Gasteiger partial charge in [0.1, 0.15) is 0 Å². The van der Waals surface area contributed by atoms with Crippen molar-refractivity contribution in [2.45, 2.75) is 26.8 Å². The van der Waals surface area contributed by atoms with Crippen LogP contribution in [0.3, 0.4) is 0 Å². The molecule has 0 atom stereocenters. The number of hydrogen-bond donors (Lipinski definition) is 3. The van der Waals surface area contributed by atoms with E-state index in [0.717, 1.165) is 31.2 Å². The second-order valence-corrected chi connectivity index (χ2v) is 6.77. The molecule has 5 nitrogen and oxygen atoms in total. The number of H-pyrrole nitrogens is 1. The first-order chi connectivity index (χ1) is 11.7. The van der Waals surface area contributed by atoms with Gasteiger partial charge < -0.3 is 15.6 Å². The van der Waals surface area contributed by atoms with Crippen molar-refractivity contribution >= 4 is 28.2 Å². The Morgan fingerprint density at radius 2 is 2.17 bits per heavy atom. The standard InChI is InChI=1S/C18H23N5S/c1-12-4-5-15-14(9-21-16(15)8-12)6-7-20-18(19-3)22-10-17-13(2)23-11-24-17/h4-5,8-9,11,21H,6-7,10H2,1-3H3,(H2,19,20,22). The Kier molecular flexibility index (Phi) is 5.15. The lowest BCUT2D eigenvalue weighted by molar-refractivity contribution is 0.798. The molecule has 24 heavy (non-hydrogen) atoms. The van der Waals surface area contributed by atoms with E-state index in [2.05, 4.69) is 56.9 Å². The number of benzene rings is 1. The SMILES string of the molecule is CN=C(NCCc1c[nH]c2cc(C)ccc12)NCc1scnc1C. The fourth-order valence-corrected chi connectivity index (χ4v) is 3.42. The molecule has 0 fully saturated rings. The summed E-state index contributed by atoms with van der Waals surface area (Å²) in [4.78, 5) is 13.1. The van der Waals surface area contributed by atoms with Crippen molar-refractivity contribution in [1.82, 2.24) is 20.6 Å². The van der Waals surface area contributed by atoms with Gasteiger partial charge in [0.2, 0.25) is 0 Å². The van der Waals surface area contributed by atoms with Crippen LogP contribution in [-0.4, -0.2) is 29.5 Å². The predicted molar refractivity (Wildman–Crippen MR) is 102 cm³/mol. The number of fused-ring (bicyclic) bond motifs is 1.